The zero-order chi connectivity index (χ0) is 28.7. The van der Waals surface area contributed by atoms with Gasteiger partial charge in [-0.1, -0.05) is 0 Å². The zero-order valence-corrected chi connectivity index (χ0v) is 20.4. The molecule has 18 nitrogen and oxygen atoms in total. The number of primary amides is 1. The van der Waals surface area contributed by atoms with Gasteiger partial charge in [0.1, 0.15) is 48.8 Å². The molecular weight excluding hydrogens is 518 g/mol. The van der Waals surface area contributed by atoms with Gasteiger partial charge in [-0.05, 0) is 0 Å². The average Bonchev–Trinajstić information content (AvgIpc) is 2.85. The molecule has 0 spiro atoms. The van der Waals surface area contributed by atoms with E-state index in [9.17, 15) is 49.8 Å². The zero-order valence-electron chi connectivity index (χ0n) is 20.4. The molecule has 0 aromatic heterocycles. The number of amides is 4. The molecule has 0 bridgehead atoms. The van der Waals surface area contributed by atoms with Gasteiger partial charge in [0, 0.05) is 6.92 Å². The normalized spacial score (nSPS) is 36.1. The highest BCUT2D eigenvalue weighted by molar-refractivity contribution is 5.90. The van der Waals surface area contributed by atoms with E-state index in [1.807, 2.05) is 0 Å². The van der Waals surface area contributed by atoms with Gasteiger partial charge in [-0.15, -0.1) is 0 Å². The second kappa shape index (κ2) is 14.0. The maximum absolute atomic E-state index is 12.5. The SMILES string of the molecule is CC(=O)N[C@@H]1[C@@H](O)[C@H](O[C@@H]2O[C@H](CO)[C@H](O)[C@H](O)[C@H]2O)[C@@H](CO)O[C@H]1NC(=O)C[C@H](N)C(=O)NCC(N)=O. The fourth-order valence-corrected chi connectivity index (χ4v) is 3.94. The Balaban J connectivity index is 2.15. The summed E-state index contributed by atoms with van der Waals surface area (Å²) in [7, 11) is 0. The number of rotatable bonds is 11. The summed E-state index contributed by atoms with van der Waals surface area (Å²) >= 11 is 0. The third-order valence-corrected chi connectivity index (χ3v) is 5.89. The molecule has 0 radical (unpaired) electrons. The van der Waals surface area contributed by atoms with E-state index >= 15 is 0 Å². The third kappa shape index (κ3) is 7.99. The number of ether oxygens (including phenoxy) is 3. The average molecular weight is 554 g/mol. The Kier molecular flexibility index (Phi) is 11.7. The van der Waals surface area contributed by atoms with Gasteiger partial charge in [0.25, 0.3) is 0 Å². The van der Waals surface area contributed by atoms with Crippen molar-refractivity contribution in [3.8, 4) is 0 Å². The van der Waals surface area contributed by atoms with Crippen molar-refractivity contribution in [2.24, 2.45) is 11.5 Å². The van der Waals surface area contributed by atoms with Gasteiger partial charge >= 0.3 is 0 Å². The second-order valence-electron chi connectivity index (χ2n) is 8.85. The third-order valence-electron chi connectivity index (χ3n) is 5.89. The van der Waals surface area contributed by atoms with Crippen molar-refractivity contribution in [3.63, 3.8) is 0 Å². The van der Waals surface area contributed by atoms with Gasteiger partial charge in [-0.2, -0.15) is 0 Å². The molecule has 2 aliphatic rings. The topological polar surface area (TPSA) is 305 Å². The first-order valence-corrected chi connectivity index (χ1v) is 11.6. The van der Waals surface area contributed by atoms with Crippen molar-refractivity contribution < 1.29 is 64.0 Å². The van der Waals surface area contributed by atoms with Gasteiger partial charge in [0.15, 0.2) is 12.5 Å². The van der Waals surface area contributed by atoms with E-state index in [0.29, 0.717) is 0 Å². The van der Waals surface area contributed by atoms with Crippen LogP contribution in [0.3, 0.4) is 0 Å². The maximum Gasteiger partial charge on any atom is 0.237 e. The summed E-state index contributed by atoms with van der Waals surface area (Å²) in [5.74, 6) is -3.19. The predicted molar refractivity (Wildman–Crippen MR) is 121 cm³/mol. The monoisotopic (exact) mass is 553 g/mol. The van der Waals surface area contributed by atoms with Crippen molar-refractivity contribution in [1.29, 1.82) is 0 Å². The number of nitrogens with one attached hydrogen (secondary N) is 3. The standard InChI is InChI=1S/C20H35N5O13/c1-6(28)24-12-14(32)17(38-20-16(34)15(33)13(31)8(4-26)37-20)9(5-27)36-19(12)25-11(30)2-7(21)18(35)23-3-10(22)29/h7-9,12-17,19-20,26-27,31-34H,2-5,21H2,1H3,(H2,22,29)(H,23,35)(H,24,28)(H,25,30)/t7-,8+,9+,12+,13-,14+,15-,16+,17+,19+,20-/m0/s1. The predicted octanol–water partition coefficient (Wildman–Crippen LogP) is -7.81. The Bertz CT molecular complexity index is 848. The van der Waals surface area contributed by atoms with Crippen LogP contribution in [0.4, 0.5) is 0 Å². The van der Waals surface area contributed by atoms with Crippen molar-refractivity contribution in [2.45, 2.75) is 80.7 Å². The van der Waals surface area contributed by atoms with Crippen LogP contribution in [-0.4, -0.2) is 141 Å². The largest absolute Gasteiger partial charge is 0.394 e. The van der Waals surface area contributed by atoms with Crippen LogP contribution in [0, 0.1) is 0 Å². The number of aliphatic hydroxyl groups excluding tert-OH is 6. The lowest BCUT2D eigenvalue weighted by Crippen LogP contribution is -2.70. The quantitative estimate of drug-likeness (QED) is 0.113. The molecule has 4 amide bonds. The molecule has 38 heavy (non-hydrogen) atoms. The van der Waals surface area contributed by atoms with Crippen LogP contribution in [-0.2, 0) is 33.4 Å². The Labute approximate surface area is 216 Å². The number of carbonyl (C=O) groups is 4. The molecule has 2 aliphatic heterocycles. The smallest absolute Gasteiger partial charge is 0.237 e. The summed E-state index contributed by atoms with van der Waals surface area (Å²) in [6.07, 6.45) is -15.0. The molecule has 18 heteroatoms. The molecule has 0 aromatic carbocycles. The van der Waals surface area contributed by atoms with E-state index in [1.54, 1.807) is 0 Å². The van der Waals surface area contributed by atoms with Gasteiger partial charge in [-0.25, -0.2) is 0 Å². The summed E-state index contributed by atoms with van der Waals surface area (Å²) in [4.78, 5) is 47.0. The van der Waals surface area contributed by atoms with Crippen LogP contribution in [0.15, 0.2) is 0 Å². The molecule has 0 saturated carbocycles. The summed E-state index contributed by atoms with van der Waals surface area (Å²) in [6.45, 7) is -0.933. The lowest BCUT2D eigenvalue weighted by molar-refractivity contribution is -0.336. The van der Waals surface area contributed by atoms with Crippen LogP contribution >= 0.6 is 0 Å². The Morgan fingerprint density at radius 3 is 2.11 bits per heavy atom. The van der Waals surface area contributed by atoms with Crippen LogP contribution in [0.2, 0.25) is 0 Å². The summed E-state index contributed by atoms with van der Waals surface area (Å²) in [6, 6.07) is -2.79. The first-order chi connectivity index (χ1) is 17.8. The van der Waals surface area contributed by atoms with Crippen LogP contribution in [0.25, 0.3) is 0 Å². The van der Waals surface area contributed by atoms with E-state index in [-0.39, 0.29) is 0 Å². The number of hydrogen-bond acceptors (Lipinski definition) is 14. The first kappa shape index (κ1) is 31.7. The van der Waals surface area contributed by atoms with Crippen LogP contribution in [0.5, 0.6) is 0 Å². The number of carbonyl (C=O) groups excluding carboxylic acids is 4. The molecular formula is C20H35N5O13. The van der Waals surface area contributed by atoms with Crippen molar-refractivity contribution in [1.82, 2.24) is 16.0 Å². The molecule has 0 unspecified atom stereocenters. The van der Waals surface area contributed by atoms with Crippen molar-refractivity contribution in [2.75, 3.05) is 19.8 Å². The minimum atomic E-state index is -1.84. The highest BCUT2D eigenvalue weighted by atomic mass is 16.7. The lowest BCUT2D eigenvalue weighted by Gasteiger charge is -2.47. The molecule has 13 N–H and O–H groups in total. The van der Waals surface area contributed by atoms with E-state index < -0.39 is 117 Å². The minimum absolute atomic E-state index is 0.495. The highest BCUT2D eigenvalue weighted by Gasteiger charge is 2.51. The molecule has 11 atom stereocenters. The van der Waals surface area contributed by atoms with E-state index in [4.69, 9.17) is 25.7 Å². The second-order valence-corrected chi connectivity index (χ2v) is 8.85. The fraction of sp³-hybridized carbons (Fsp3) is 0.800. The van der Waals surface area contributed by atoms with E-state index in [1.165, 1.54) is 0 Å². The number of hydrogen-bond donors (Lipinski definition) is 11. The van der Waals surface area contributed by atoms with Gasteiger partial charge in [-0.3, -0.25) is 19.2 Å². The lowest BCUT2D eigenvalue weighted by atomic mass is 9.94. The highest BCUT2D eigenvalue weighted by Crippen LogP contribution is 2.28. The van der Waals surface area contributed by atoms with Crippen LogP contribution < -0.4 is 27.4 Å². The Morgan fingerprint density at radius 1 is 0.921 bits per heavy atom. The molecule has 2 saturated heterocycles. The summed E-state index contributed by atoms with van der Waals surface area (Å²) in [5.41, 5.74) is 10.6. The molecule has 2 rings (SSSR count). The molecule has 0 aliphatic carbocycles. The van der Waals surface area contributed by atoms with E-state index in [0.717, 1.165) is 6.92 Å². The first-order valence-electron chi connectivity index (χ1n) is 11.6. The summed E-state index contributed by atoms with van der Waals surface area (Å²) < 4.78 is 16.4. The van der Waals surface area contributed by atoms with Gasteiger partial charge < -0.3 is 72.3 Å². The van der Waals surface area contributed by atoms with E-state index in [2.05, 4.69) is 16.0 Å². The molecule has 2 heterocycles. The molecule has 218 valence electrons. The molecule has 0 aromatic rings. The summed E-state index contributed by atoms with van der Waals surface area (Å²) in [5, 5.41) is 67.2. The molecule has 2 fully saturated rings. The van der Waals surface area contributed by atoms with Gasteiger partial charge in [0.2, 0.25) is 23.6 Å². The van der Waals surface area contributed by atoms with Crippen molar-refractivity contribution >= 4 is 23.6 Å². The minimum Gasteiger partial charge on any atom is -0.394 e. The number of nitrogens with two attached hydrogens (primary N) is 2. The Morgan fingerprint density at radius 2 is 1.55 bits per heavy atom. The van der Waals surface area contributed by atoms with Crippen molar-refractivity contribution in [3.05, 3.63) is 0 Å². The fourth-order valence-electron chi connectivity index (χ4n) is 3.94. The number of aliphatic hydroxyl groups is 6. The van der Waals surface area contributed by atoms with Gasteiger partial charge in [0.05, 0.1) is 32.2 Å². The maximum atomic E-state index is 12.5. The Hall–Kier alpha value is -2.52. The van der Waals surface area contributed by atoms with Crippen LogP contribution in [0.1, 0.15) is 13.3 Å².